The molecule has 164 valence electrons. The van der Waals surface area contributed by atoms with E-state index in [1.807, 2.05) is 18.5 Å². The van der Waals surface area contributed by atoms with Gasteiger partial charge in [-0.05, 0) is 74.1 Å². The van der Waals surface area contributed by atoms with Gasteiger partial charge in [0.05, 0.1) is 15.1 Å². The minimum absolute atomic E-state index is 0.220. The second-order valence-corrected chi connectivity index (χ2v) is 11.3. The lowest BCUT2D eigenvalue weighted by molar-refractivity contribution is 0.0998. The summed E-state index contributed by atoms with van der Waals surface area (Å²) in [5, 5.41) is 0. The van der Waals surface area contributed by atoms with Crippen LogP contribution in [0.5, 0.6) is 0 Å². The van der Waals surface area contributed by atoms with Gasteiger partial charge in [0.1, 0.15) is 0 Å². The van der Waals surface area contributed by atoms with E-state index >= 15 is 0 Å². The van der Waals surface area contributed by atoms with Gasteiger partial charge in [0.25, 0.3) is 5.91 Å². The zero-order chi connectivity index (χ0) is 22.3. The van der Waals surface area contributed by atoms with Crippen LogP contribution in [-0.2, 0) is 17.1 Å². The van der Waals surface area contributed by atoms with Crippen molar-refractivity contribution in [2.24, 2.45) is 18.0 Å². The van der Waals surface area contributed by atoms with Crippen LogP contribution in [0, 0.1) is 19.8 Å². The molecule has 0 spiro atoms. The third-order valence-corrected chi connectivity index (χ3v) is 8.90. The molecule has 1 fully saturated rings. The largest absolute Gasteiger partial charge is 0.319 e. The molecule has 1 aliphatic heterocycles. The maximum Gasteiger partial charge on any atom is 0.279 e. The molecule has 8 heteroatoms. The smallest absolute Gasteiger partial charge is 0.279 e. The van der Waals surface area contributed by atoms with Crippen molar-refractivity contribution in [3.05, 3.63) is 57.9 Å². The van der Waals surface area contributed by atoms with E-state index in [9.17, 15) is 13.2 Å². The number of hydrogen-bond acceptors (Lipinski definition) is 4. The van der Waals surface area contributed by atoms with Crippen LogP contribution in [-0.4, -0.2) is 36.3 Å². The third kappa shape index (κ3) is 4.24. The second-order valence-electron chi connectivity index (χ2n) is 8.40. The van der Waals surface area contributed by atoms with Crippen LogP contribution in [0.25, 0.3) is 10.2 Å². The van der Waals surface area contributed by atoms with Crippen LogP contribution in [0.3, 0.4) is 0 Å². The van der Waals surface area contributed by atoms with Crippen molar-refractivity contribution in [2.45, 2.75) is 38.5 Å². The van der Waals surface area contributed by atoms with Gasteiger partial charge in [-0.15, -0.1) is 0 Å². The fourth-order valence-electron chi connectivity index (χ4n) is 4.08. The molecule has 1 aliphatic rings. The van der Waals surface area contributed by atoms with E-state index < -0.39 is 10.0 Å². The highest BCUT2D eigenvalue weighted by molar-refractivity contribution is 7.89. The van der Waals surface area contributed by atoms with Crippen LogP contribution >= 0.6 is 11.3 Å². The molecule has 0 aliphatic carbocycles. The molecule has 0 atom stereocenters. The number of fused-ring (bicyclic) bond motifs is 1. The standard InChI is InChI=1S/C23H27N3O3S2/c1-15-9-11-26(12-10-15)31(28,29)19-7-5-18(6-8-19)22(27)24-23-25(4)21-17(3)13-16(2)14-20(21)30-23/h5-8,13-15H,9-12H2,1-4H3. The van der Waals surface area contributed by atoms with Gasteiger partial charge >= 0.3 is 0 Å². The number of hydrogen-bond donors (Lipinski definition) is 0. The van der Waals surface area contributed by atoms with Crippen LogP contribution in [0.15, 0.2) is 46.3 Å². The van der Waals surface area contributed by atoms with Crippen molar-refractivity contribution in [2.75, 3.05) is 13.1 Å². The van der Waals surface area contributed by atoms with Gasteiger partial charge < -0.3 is 4.57 Å². The molecular formula is C23H27N3O3S2. The van der Waals surface area contributed by atoms with E-state index in [2.05, 4.69) is 31.0 Å². The first-order valence-electron chi connectivity index (χ1n) is 10.4. The number of amides is 1. The van der Waals surface area contributed by atoms with Gasteiger partial charge in [-0.3, -0.25) is 4.79 Å². The van der Waals surface area contributed by atoms with E-state index in [1.165, 1.54) is 33.3 Å². The molecule has 2 heterocycles. The number of rotatable bonds is 3. The van der Waals surface area contributed by atoms with Crippen LogP contribution < -0.4 is 4.80 Å². The fraction of sp³-hybridized carbons (Fsp3) is 0.391. The Morgan fingerprint density at radius 1 is 1.10 bits per heavy atom. The molecule has 0 bridgehead atoms. The molecule has 6 nitrogen and oxygen atoms in total. The van der Waals surface area contributed by atoms with Crippen LogP contribution in [0.1, 0.15) is 41.3 Å². The number of aryl methyl sites for hydroxylation is 3. The van der Waals surface area contributed by atoms with E-state index in [1.54, 1.807) is 12.1 Å². The number of piperidine rings is 1. The summed E-state index contributed by atoms with van der Waals surface area (Å²) in [5.74, 6) is 0.170. The van der Waals surface area contributed by atoms with E-state index in [4.69, 9.17) is 0 Å². The van der Waals surface area contributed by atoms with E-state index in [0.29, 0.717) is 29.4 Å². The summed E-state index contributed by atoms with van der Waals surface area (Å²) in [7, 11) is -1.63. The molecule has 1 aromatic heterocycles. The lowest BCUT2D eigenvalue weighted by Gasteiger charge is -2.29. The molecule has 0 radical (unpaired) electrons. The van der Waals surface area contributed by atoms with Gasteiger partial charge in [-0.2, -0.15) is 9.30 Å². The Bertz CT molecular complexity index is 1310. The Kier molecular flexibility index (Phi) is 5.89. The molecule has 3 aromatic rings. The summed E-state index contributed by atoms with van der Waals surface area (Å²) in [6.45, 7) is 7.33. The summed E-state index contributed by atoms with van der Waals surface area (Å²) in [6.07, 6.45) is 1.75. The molecule has 1 amide bonds. The summed E-state index contributed by atoms with van der Waals surface area (Å²) >= 11 is 1.47. The first-order chi connectivity index (χ1) is 14.7. The summed E-state index contributed by atoms with van der Waals surface area (Å²) in [4.78, 5) is 17.9. The Morgan fingerprint density at radius 3 is 2.39 bits per heavy atom. The number of aromatic nitrogens is 1. The minimum Gasteiger partial charge on any atom is -0.319 e. The average Bonchev–Trinajstić information content (AvgIpc) is 3.03. The molecule has 0 N–H and O–H groups in total. The van der Waals surface area contributed by atoms with Gasteiger partial charge in [0.2, 0.25) is 10.0 Å². The normalized spacial score (nSPS) is 16.8. The predicted molar refractivity (Wildman–Crippen MR) is 124 cm³/mol. The van der Waals surface area contributed by atoms with Crippen molar-refractivity contribution in [3.8, 4) is 0 Å². The SMILES string of the molecule is Cc1cc(C)c2c(c1)sc(=NC(=O)c1ccc(S(=O)(=O)N3CCC(C)CC3)cc1)n2C. The molecule has 31 heavy (non-hydrogen) atoms. The van der Waals surface area contributed by atoms with Crippen molar-refractivity contribution in [3.63, 3.8) is 0 Å². The molecule has 2 aromatic carbocycles. The maximum atomic E-state index is 12.9. The Hall–Kier alpha value is -2.29. The Labute approximate surface area is 186 Å². The first-order valence-corrected chi connectivity index (χ1v) is 12.7. The van der Waals surface area contributed by atoms with Crippen molar-refractivity contribution >= 4 is 37.5 Å². The lowest BCUT2D eigenvalue weighted by atomic mass is 10.0. The zero-order valence-corrected chi connectivity index (χ0v) is 19.9. The van der Waals surface area contributed by atoms with Crippen molar-refractivity contribution < 1.29 is 13.2 Å². The van der Waals surface area contributed by atoms with Crippen LogP contribution in [0.2, 0.25) is 0 Å². The zero-order valence-electron chi connectivity index (χ0n) is 18.3. The molecular weight excluding hydrogens is 430 g/mol. The third-order valence-electron chi connectivity index (χ3n) is 5.91. The monoisotopic (exact) mass is 457 g/mol. The van der Waals surface area contributed by atoms with Gasteiger partial charge in [0, 0.05) is 25.7 Å². The number of thiazole rings is 1. The topological polar surface area (TPSA) is 71.7 Å². The fourth-order valence-corrected chi connectivity index (χ4v) is 6.75. The van der Waals surface area contributed by atoms with E-state index in [-0.39, 0.29) is 10.8 Å². The average molecular weight is 458 g/mol. The second kappa shape index (κ2) is 8.33. The van der Waals surface area contributed by atoms with Crippen molar-refractivity contribution in [1.29, 1.82) is 0 Å². The van der Waals surface area contributed by atoms with Gasteiger partial charge in [-0.1, -0.05) is 24.3 Å². The minimum atomic E-state index is -3.53. The summed E-state index contributed by atoms with van der Waals surface area (Å²) in [5.41, 5.74) is 3.75. The van der Waals surface area contributed by atoms with Crippen molar-refractivity contribution in [1.82, 2.24) is 8.87 Å². The highest BCUT2D eigenvalue weighted by Crippen LogP contribution is 2.24. The lowest BCUT2D eigenvalue weighted by Crippen LogP contribution is -2.37. The van der Waals surface area contributed by atoms with Gasteiger partial charge in [0.15, 0.2) is 4.80 Å². The van der Waals surface area contributed by atoms with Crippen LogP contribution in [0.4, 0.5) is 0 Å². The first kappa shape index (κ1) is 21.9. The van der Waals surface area contributed by atoms with Gasteiger partial charge in [-0.25, -0.2) is 8.42 Å². The Morgan fingerprint density at radius 2 is 1.74 bits per heavy atom. The summed E-state index contributed by atoms with van der Waals surface area (Å²) in [6, 6.07) is 10.3. The Balaban J connectivity index is 1.61. The number of carbonyl (C=O) groups is 1. The number of nitrogens with zero attached hydrogens (tertiary/aromatic N) is 3. The van der Waals surface area contributed by atoms with E-state index in [0.717, 1.165) is 28.6 Å². The predicted octanol–water partition coefficient (Wildman–Crippen LogP) is 4.02. The number of sulfonamides is 1. The summed E-state index contributed by atoms with van der Waals surface area (Å²) < 4.78 is 30.3. The molecule has 0 unspecified atom stereocenters. The quantitative estimate of drug-likeness (QED) is 0.596. The maximum absolute atomic E-state index is 12.9. The number of benzene rings is 2. The number of carbonyl (C=O) groups excluding carboxylic acids is 1. The highest BCUT2D eigenvalue weighted by atomic mass is 32.2. The molecule has 4 rings (SSSR count). The molecule has 0 saturated carbocycles. The molecule has 1 saturated heterocycles. The highest BCUT2D eigenvalue weighted by Gasteiger charge is 2.28.